The molecular weight excluding hydrogens is 267 g/mol. The minimum atomic E-state index is -3.31. The van der Waals surface area contributed by atoms with Gasteiger partial charge in [0, 0.05) is 44.5 Å². The molecule has 0 radical (unpaired) electrons. The highest BCUT2D eigenvalue weighted by atomic mass is 32.2. The third-order valence-electron chi connectivity index (χ3n) is 3.35. The number of nitrogens with zero attached hydrogens (tertiary/aromatic N) is 1. The summed E-state index contributed by atoms with van der Waals surface area (Å²) in [6.07, 6.45) is 1.15. The summed E-state index contributed by atoms with van der Waals surface area (Å²) in [5, 5.41) is 3.23. The Labute approximate surface area is 113 Å². The van der Waals surface area contributed by atoms with E-state index in [4.69, 9.17) is 0 Å². The first-order valence-electron chi connectivity index (χ1n) is 6.30. The van der Waals surface area contributed by atoms with Gasteiger partial charge in [0.05, 0.1) is 4.90 Å². The van der Waals surface area contributed by atoms with Crippen LogP contribution in [0.4, 0.5) is 4.39 Å². The number of nitrogens with one attached hydrogen (secondary N) is 1. The minimum Gasteiger partial charge on any atom is -0.314 e. The lowest BCUT2D eigenvalue weighted by Crippen LogP contribution is -2.43. The van der Waals surface area contributed by atoms with Crippen molar-refractivity contribution in [3.63, 3.8) is 0 Å². The number of rotatable bonds is 3. The topological polar surface area (TPSA) is 49.4 Å². The maximum absolute atomic E-state index is 13.9. The first-order valence-corrected chi connectivity index (χ1v) is 8.19. The third-order valence-corrected chi connectivity index (χ3v) is 4.59. The lowest BCUT2D eigenvalue weighted by molar-refractivity contribution is 0.230. The smallest absolute Gasteiger partial charge is 0.175 e. The molecule has 1 N–H and O–H groups in total. The number of piperazine rings is 1. The molecule has 1 aliphatic rings. The van der Waals surface area contributed by atoms with Crippen LogP contribution < -0.4 is 5.32 Å². The normalized spacial score (nSPS) is 17.6. The predicted octanol–water partition coefficient (Wildman–Crippen LogP) is 0.943. The van der Waals surface area contributed by atoms with Gasteiger partial charge in [-0.1, -0.05) is 0 Å². The molecule has 2 rings (SSSR count). The Kier molecular flexibility index (Phi) is 4.23. The number of aryl methyl sites for hydroxylation is 1. The maximum atomic E-state index is 13.9. The zero-order chi connectivity index (χ0) is 14.0. The van der Waals surface area contributed by atoms with E-state index in [0.717, 1.165) is 32.4 Å². The van der Waals surface area contributed by atoms with Gasteiger partial charge in [-0.2, -0.15) is 0 Å². The molecule has 1 fully saturated rings. The monoisotopic (exact) mass is 286 g/mol. The molecule has 0 spiro atoms. The van der Waals surface area contributed by atoms with Gasteiger partial charge in [0.1, 0.15) is 5.82 Å². The lowest BCUT2D eigenvalue weighted by atomic mass is 10.1. The molecule has 106 valence electrons. The molecule has 0 aromatic heterocycles. The Bertz CT molecular complexity index is 566. The summed E-state index contributed by atoms with van der Waals surface area (Å²) in [4.78, 5) is 2.34. The number of benzene rings is 1. The molecule has 1 aromatic carbocycles. The Morgan fingerprint density at radius 2 is 1.95 bits per heavy atom. The van der Waals surface area contributed by atoms with E-state index < -0.39 is 9.84 Å². The largest absolute Gasteiger partial charge is 0.314 e. The van der Waals surface area contributed by atoms with Crippen molar-refractivity contribution >= 4 is 9.84 Å². The van der Waals surface area contributed by atoms with Gasteiger partial charge in [-0.3, -0.25) is 4.90 Å². The average Bonchev–Trinajstić information content (AvgIpc) is 2.32. The van der Waals surface area contributed by atoms with E-state index >= 15 is 0 Å². The highest BCUT2D eigenvalue weighted by Gasteiger charge is 2.17. The summed E-state index contributed by atoms with van der Waals surface area (Å²) in [6, 6.07) is 2.79. The molecule has 0 amide bonds. The van der Waals surface area contributed by atoms with E-state index in [1.807, 2.05) is 0 Å². The molecule has 0 bridgehead atoms. The zero-order valence-corrected chi connectivity index (χ0v) is 12.1. The average molecular weight is 286 g/mol. The number of halogens is 1. The fourth-order valence-electron chi connectivity index (χ4n) is 2.33. The van der Waals surface area contributed by atoms with E-state index in [2.05, 4.69) is 10.2 Å². The van der Waals surface area contributed by atoms with E-state index in [0.29, 0.717) is 17.7 Å². The van der Waals surface area contributed by atoms with Crippen molar-refractivity contribution in [3.05, 3.63) is 29.1 Å². The molecular formula is C13H19FN2O2S. The van der Waals surface area contributed by atoms with Crippen LogP contribution in [-0.4, -0.2) is 45.8 Å². The molecule has 6 heteroatoms. The van der Waals surface area contributed by atoms with Gasteiger partial charge in [0.15, 0.2) is 9.84 Å². The van der Waals surface area contributed by atoms with Gasteiger partial charge in [-0.25, -0.2) is 12.8 Å². The van der Waals surface area contributed by atoms with Crippen molar-refractivity contribution in [3.8, 4) is 0 Å². The molecule has 1 aliphatic heterocycles. The Balaban J connectivity index is 2.29. The maximum Gasteiger partial charge on any atom is 0.175 e. The van der Waals surface area contributed by atoms with Crippen LogP contribution >= 0.6 is 0 Å². The fourth-order valence-corrected chi connectivity index (χ4v) is 3.33. The van der Waals surface area contributed by atoms with Gasteiger partial charge in [0.2, 0.25) is 0 Å². The number of hydrogen-bond donors (Lipinski definition) is 1. The number of sulfone groups is 1. The summed E-state index contributed by atoms with van der Waals surface area (Å²) in [7, 11) is -3.31. The molecule has 1 heterocycles. The summed E-state index contributed by atoms with van der Waals surface area (Å²) < 4.78 is 37.3. The minimum absolute atomic E-state index is 0.221. The number of hydrogen-bond acceptors (Lipinski definition) is 4. The van der Waals surface area contributed by atoms with Crippen LogP contribution in [0.25, 0.3) is 0 Å². The van der Waals surface area contributed by atoms with Crippen molar-refractivity contribution in [2.45, 2.75) is 18.4 Å². The van der Waals surface area contributed by atoms with Gasteiger partial charge in [-0.15, -0.1) is 0 Å². The van der Waals surface area contributed by atoms with E-state index in [9.17, 15) is 12.8 Å². The standard InChI is InChI=1S/C13H19FN2O2S/c1-10-7-12(14)11(8-13(10)19(2,17)18)9-16-5-3-15-4-6-16/h7-8,15H,3-6,9H2,1-2H3. The molecule has 1 saturated heterocycles. The molecule has 0 unspecified atom stereocenters. The van der Waals surface area contributed by atoms with Gasteiger partial charge >= 0.3 is 0 Å². The van der Waals surface area contributed by atoms with Crippen LogP contribution in [0.2, 0.25) is 0 Å². The summed E-state index contributed by atoms with van der Waals surface area (Å²) in [5.41, 5.74) is 0.914. The lowest BCUT2D eigenvalue weighted by Gasteiger charge is -2.27. The van der Waals surface area contributed by atoms with Crippen LogP contribution in [0.3, 0.4) is 0 Å². The third kappa shape index (κ3) is 3.52. The van der Waals surface area contributed by atoms with E-state index in [1.165, 1.54) is 12.1 Å². The molecule has 0 aliphatic carbocycles. The van der Waals surface area contributed by atoms with Crippen LogP contribution in [0.15, 0.2) is 17.0 Å². The second-order valence-electron chi connectivity index (χ2n) is 5.01. The Hall–Kier alpha value is -0.980. The molecule has 4 nitrogen and oxygen atoms in total. The summed E-state index contributed by atoms with van der Waals surface area (Å²) in [6.45, 7) is 5.53. The quantitative estimate of drug-likeness (QED) is 0.840. The van der Waals surface area contributed by atoms with Gasteiger partial charge < -0.3 is 5.32 Å². The first-order chi connectivity index (χ1) is 8.88. The van der Waals surface area contributed by atoms with Crippen LogP contribution in [-0.2, 0) is 16.4 Å². The predicted molar refractivity (Wildman–Crippen MR) is 72.4 cm³/mol. The Morgan fingerprint density at radius 1 is 1.32 bits per heavy atom. The van der Waals surface area contributed by atoms with Crippen molar-refractivity contribution in [2.24, 2.45) is 0 Å². The van der Waals surface area contributed by atoms with E-state index in [1.54, 1.807) is 6.92 Å². The highest BCUT2D eigenvalue weighted by Crippen LogP contribution is 2.21. The van der Waals surface area contributed by atoms with Gasteiger partial charge in [-0.05, 0) is 24.6 Å². The van der Waals surface area contributed by atoms with Crippen LogP contribution in [0, 0.1) is 12.7 Å². The summed E-state index contributed by atoms with van der Waals surface area (Å²) in [5.74, 6) is -0.330. The van der Waals surface area contributed by atoms with Crippen molar-refractivity contribution in [2.75, 3.05) is 32.4 Å². The van der Waals surface area contributed by atoms with Crippen LogP contribution in [0.5, 0.6) is 0 Å². The second kappa shape index (κ2) is 5.56. The molecule has 0 atom stereocenters. The van der Waals surface area contributed by atoms with Crippen molar-refractivity contribution in [1.29, 1.82) is 0 Å². The molecule has 0 saturated carbocycles. The highest BCUT2D eigenvalue weighted by molar-refractivity contribution is 7.90. The molecule has 19 heavy (non-hydrogen) atoms. The van der Waals surface area contributed by atoms with Crippen molar-refractivity contribution < 1.29 is 12.8 Å². The summed E-state index contributed by atoms with van der Waals surface area (Å²) >= 11 is 0. The zero-order valence-electron chi connectivity index (χ0n) is 11.2. The second-order valence-corrected chi connectivity index (χ2v) is 6.99. The molecule has 1 aromatic rings. The SMILES string of the molecule is Cc1cc(F)c(CN2CCNCC2)cc1S(C)(=O)=O. The Morgan fingerprint density at radius 3 is 2.53 bits per heavy atom. The van der Waals surface area contributed by atoms with Gasteiger partial charge in [0.25, 0.3) is 0 Å². The van der Waals surface area contributed by atoms with E-state index in [-0.39, 0.29) is 10.7 Å². The first kappa shape index (κ1) is 14.4. The van der Waals surface area contributed by atoms with Crippen molar-refractivity contribution in [1.82, 2.24) is 10.2 Å². The van der Waals surface area contributed by atoms with Crippen LogP contribution in [0.1, 0.15) is 11.1 Å². The fraction of sp³-hybridized carbons (Fsp3) is 0.538.